The van der Waals surface area contributed by atoms with E-state index in [1.165, 1.54) is 0 Å². The number of carbonyl (C=O) groups is 1. The first-order valence-electron chi connectivity index (χ1n) is 9.50. The molecular formula is C22H24N4O2. The lowest BCUT2D eigenvalue weighted by molar-refractivity contribution is -0.129. The lowest BCUT2D eigenvalue weighted by Crippen LogP contribution is -2.30. The van der Waals surface area contributed by atoms with Crippen molar-refractivity contribution >= 4 is 5.91 Å². The zero-order valence-electron chi connectivity index (χ0n) is 16.2. The van der Waals surface area contributed by atoms with Crippen LogP contribution in [0.2, 0.25) is 0 Å². The largest absolute Gasteiger partial charge is 0.497 e. The molecule has 1 aromatic carbocycles. The van der Waals surface area contributed by atoms with Gasteiger partial charge in [-0.15, -0.1) is 0 Å². The Bertz CT molecular complexity index is 968. The molecule has 6 heteroatoms. The third kappa shape index (κ3) is 3.63. The standard InChI is InChI=1S/C22H24N4O2/c1-16-14-24-22(18-6-9-23-10-7-18)26(16)19-8-11-25(15-19)21(27)13-17-4-3-5-20(12-17)28-2/h3-7,9-10,12,14,19H,8,11,13,15H2,1-2H3. The van der Waals surface area contributed by atoms with Crippen molar-refractivity contribution in [1.29, 1.82) is 0 Å². The van der Waals surface area contributed by atoms with Gasteiger partial charge in [-0.25, -0.2) is 4.98 Å². The third-order valence-electron chi connectivity index (χ3n) is 5.29. The molecule has 1 aliphatic heterocycles. The molecule has 1 amide bonds. The number of carbonyl (C=O) groups excluding carboxylic acids is 1. The number of rotatable bonds is 5. The number of ether oxygens (including phenoxy) is 1. The van der Waals surface area contributed by atoms with Crippen molar-refractivity contribution in [3.8, 4) is 17.1 Å². The lowest BCUT2D eigenvalue weighted by atomic mass is 10.1. The average molecular weight is 376 g/mol. The van der Waals surface area contributed by atoms with Gasteiger partial charge in [0, 0.05) is 42.9 Å². The Morgan fingerprint density at radius 2 is 2.07 bits per heavy atom. The number of hydrogen-bond acceptors (Lipinski definition) is 4. The monoisotopic (exact) mass is 376 g/mol. The summed E-state index contributed by atoms with van der Waals surface area (Å²) in [5.41, 5.74) is 3.13. The smallest absolute Gasteiger partial charge is 0.227 e. The average Bonchev–Trinajstić information content (AvgIpc) is 3.35. The van der Waals surface area contributed by atoms with E-state index in [4.69, 9.17) is 4.74 Å². The molecular weight excluding hydrogens is 352 g/mol. The van der Waals surface area contributed by atoms with E-state index in [-0.39, 0.29) is 11.9 Å². The molecule has 28 heavy (non-hydrogen) atoms. The van der Waals surface area contributed by atoms with Crippen LogP contribution in [0.25, 0.3) is 11.4 Å². The van der Waals surface area contributed by atoms with Crippen LogP contribution >= 0.6 is 0 Å². The zero-order chi connectivity index (χ0) is 19.5. The Hall–Kier alpha value is -3.15. The molecule has 0 saturated carbocycles. The van der Waals surface area contributed by atoms with Gasteiger partial charge >= 0.3 is 0 Å². The summed E-state index contributed by atoms with van der Waals surface area (Å²) in [4.78, 5) is 23.5. The maximum atomic E-state index is 12.8. The van der Waals surface area contributed by atoms with E-state index in [9.17, 15) is 4.79 Å². The molecule has 0 N–H and O–H groups in total. The molecule has 144 valence electrons. The predicted molar refractivity (Wildman–Crippen MR) is 107 cm³/mol. The van der Waals surface area contributed by atoms with Gasteiger partial charge in [0.05, 0.1) is 19.6 Å². The number of likely N-dealkylation sites (tertiary alicyclic amines) is 1. The van der Waals surface area contributed by atoms with Crippen LogP contribution in [0.15, 0.2) is 55.0 Å². The maximum Gasteiger partial charge on any atom is 0.227 e. The zero-order valence-corrected chi connectivity index (χ0v) is 16.2. The van der Waals surface area contributed by atoms with Crippen molar-refractivity contribution < 1.29 is 9.53 Å². The van der Waals surface area contributed by atoms with E-state index in [0.29, 0.717) is 13.0 Å². The number of methoxy groups -OCH3 is 1. The number of aromatic nitrogens is 3. The van der Waals surface area contributed by atoms with Gasteiger partial charge in [0.2, 0.25) is 5.91 Å². The van der Waals surface area contributed by atoms with Gasteiger partial charge in [0.25, 0.3) is 0 Å². The van der Waals surface area contributed by atoms with Crippen molar-refractivity contribution in [3.63, 3.8) is 0 Å². The van der Waals surface area contributed by atoms with Crippen LogP contribution < -0.4 is 4.74 Å². The summed E-state index contributed by atoms with van der Waals surface area (Å²) in [6, 6.07) is 11.9. The minimum absolute atomic E-state index is 0.152. The van der Waals surface area contributed by atoms with Crippen LogP contribution in [0.4, 0.5) is 0 Å². The molecule has 1 atom stereocenters. The Kier molecular flexibility index (Phi) is 5.10. The number of nitrogens with zero attached hydrogens (tertiary/aromatic N) is 4. The molecule has 1 saturated heterocycles. The number of imidazole rings is 1. The van der Waals surface area contributed by atoms with Crippen LogP contribution in [0, 0.1) is 6.92 Å². The van der Waals surface area contributed by atoms with E-state index in [1.54, 1.807) is 19.5 Å². The van der Waals surface area contributed by atoms with E-state index in [2.05, 4.69) is 21.5 Å². The fraction of sp³-hybridized carbons (Fsp3) is 0.318. The Morgan fingerprint density at radius 1 is 1.25 bits per heavy atom. The number of aryl methyl sites for hydroxylation is 1. The number of amides is 1. The van der Waals surface area contributed by atoms with Crippen LogP contribution in [-0.4, -0.2) is 45.5 Å². The highest BCUT2D eigenvalue weighted by molar-refractivity contribution is 5.79. The number of hydrogen-bond donors (Lipinski definition) is 0. The Morgan fingerprint density at radius 3 is 2.86 bits per heavy atom. The lowest BCUT2D eigenvalue weighted by Gasteiger charge is -2.20. The van der Waals surface area contributed by atoms with Crippen molar-refractivity contribution in [2.75, 3.05) is 20.2 Å². The fourth-order valence-corrected chi connectivity index (χ4v) is 3.87. The molecule has 0 aliphatic carbocycles. The van der Waals surface area contributed by atoms with E-state index in [1.807, 2.05) is 47.5 Å². The van der Waals surface area contributed by atoms with Crippen molar-refractivity contribution in [2.45, 2.75) is 25.8 Å². The molecule has 4 rings (SSSR count). The van der Waals surface area contributed by atoms with Gasteiger partial charge in [-0.1, -0.05) is 12.1 Å². The minimum Gasteiger partial charge on any atom is -0.497 e. The molecule has 3 heterocycles. The topological polar surface area (TPSA) is 60.2 Å². The molecule has 0 spiro atoms. The van der Waals surface area contributed by atoms with Gasteiger partial charge in [-0.2, -0.15) is 0 Å². The quantitative estimate of drug-likeness (QED) is 0.686. The second kappa shape index (κ2) is 7.84. The summed E-state index contributed by atoms with van der Waals surface area (Å²) < 4.78 is 7.51. The molecule has 0 radical (unpaired) electrons. The second-order valence-corrected chi connectivity index (χ2v) is 7.14. The fourth-order valence-electron chi connectivity index (χ4n) is 3.87. The summed E-state index contributed by atoms with van der Waals surface area (Å²) in [5, 5.41) is 0. The van der Waals surface area contributed by atoms with Gasteiger partial charge in [0.1, 0.15) is 11.6 Å². The van der Waals surface area contributed by atoms with E-state index < -0.39 is 0 Å². The van der Waals surface area contributed by atoms with Crippen molar-refractivity contribution in [2.24, 2.45) is 0 Å². The first-order valence-corrected chi connectivity index (χ1v) is 9.50. The van der Waals surface area contributed by atoms with Gasteiger partial charge in [-0.05, 0) is 43.2 Å². The first kappa shape index (κ1) is 18.2. The van der Waals surface area contributed by atoms with Gasteiger partial charge in [0.15, 0.2) is 0 Å². The highest BCUT2D eigenvalue weighted by atomic mass is 16.5. The molecule has 2 aromatic heterocycles. The van der Waals surface area contributed by atoms with Crippen LogP contribution in [0.1, 0.15) is 23.7 Å². The Balaban J connectivity index is 1.49. The van der Waals surface area contributed by atoms with E-state index in [0.717, 1.165) is 41.4 Å². The third-order valence-corrected chi connectivity index (χ3v) is 5.29. The molecule has 1 aliphatic rings. The number of benzene rings is 1. The summed E-state index contributed by atoms with van der Waals surface area (Å²) >= 11 is 0. The summed E-state index contributed by atoms with van der Waals surface area (Å²) in [6.07, 6.45) is 6.78. The molecule has 3 aromatic rings. The van der Waals surface area contributed by atoms with Crippen LogP contribution in [-0.2, 0) is 11.2 Å². The maximum absolute atomic E-state index is 12.8. The second-order valence-electron chi connectivity index (χ2n) is 7.14. The van der Waals surface area contributed by atoms with E-state index >= 15 is 0 Å². The SMILES string of the molecule is COc1cccc(CC(=O)N2CCC(n3c(C)cnc3-c3ccncc3)C2)c1. The first-order chi connectivity index (χ1) is 13.7. The van der Waals surface area contributed by atoms with Crippen molar-refractivity contribution in [1.82, 2.24) is 19.4 Å². The number of pyridine rings is 1. The van der Waals surface area contributed by atoms with Crippen LogP contribution in [0.3, 0.4) is 0 Å². The normalized spacial score (nSPS) is 16.4. The molecule has 0 bridgehead atoms. The van der Waals surface area contributed by atoms with Gasteiger partial charge in [-0.3, -0.25) is 9.78 Å². The van der Waals surface area contributed by atoms with Crippen LogP contribution in [0.5, 0.6) is 5.75 Å². The summed E-state index contributed by atoms with van der Waals surface area (Å²) in [6.45, 7) is 3.54. The van der Waals surface area contributed by atoms with Crippen molar-refractivity contribution in [3.05, 3.63) is 66.2 Å². The highest BCUT2D eigenvalue weighted by Crippen LogP contribution is 2.29. The summed E-state index contributed by atoms with van der Waals surface area (Å²) in [7, 11) is 1.64. The highest BCUT2D eigenvalue weighted by Gasteiger charge is 2.29. The summed E-state index contributed by atoms with van der Waals surface area (Å²) in [5.74, 6) is 1.87. The molecule has 1 unspecified atom stereocenters. The predicted octanol–water partition coefficient (Wildman–Crippen LogP) is 3.28. The minimum atomic E-state index is 0.152. The Labute approximate surface area is 164 Å². The van der Waals surface area contributed by atoms with Gasteiger partial charge < -0.3 is 14.2 Å². The molecule has 6 nitrogen and oxygen atoms in total. The molecule has 1 fully saturated rings.